The fourth-order valence-electron chi connectivity index (χ4n) is 3.28. The van der Waals surface area contributed by atoms with Gasteiger partial charge < -0.3 is 4.74 Å². The second-order valence-corrected chi connectivity index (χ2v) is 6.56. The summed E-state index contributed by atoms with van der Waals surface area (Å²) in [6, 6.07) is 15.4. The molecular weight excluding hydrogens is 284 g/mol. The van der Waals surface area contributed by atoms with Crippen molar-refractivity contribution in [3.8, 4) is 5.88 Å². The average Bonchev–Trinajstić information content (AvgIpc) is 2.57. The summed E-state index contributed by atoms with van der Waals surface area (Å²) in [4.78, 5) is 7.07. The number of hydrogen-bond acceptors (Lipinski definition) is 3. The summed E-state index contributed by atoms with van der Waals surface area (Å²) >= 11 is 0. The summed E-state index contributed by atoms with van der Waals surface area (Å²) in [7, 11) is 0. The topological polar surface area (TPSA) is 25.4 Å². The Hall–Kier alpha value is -1.87. The largest absolute Gasteiger partial charge is 0.475 e. The monoisotopic (exact) mass is 310 g/mol. The molecule has 0 bridgehead atoms. The van der Waals surface area contributed by atoms with E-state index in [9.17, 15) is 0 Å². The fraction of sp³-hybridized carbons (Fsp3) is 0.450. The summed E-state index contributed by atoms with van der Waals surface area (Å²) in [6.07, 6.45) is 5.94. The summed E-state index contributed by atoms with van der Waals surface area (Å²) in [5.41, 5.74) is 2.68. The first kappa shape index (κ1) is 16.0. The lowest BCUT2D eigenvalue weighted by Crippen LogP contribution is -2.33. The Kier molecular flexibility index (Phi) is 5.29. The van der Waals surface area contributed by atoms with Gasteiger partial charge in [0.25, 0.3) is 0 Å². The Morgan fingerprint density at radius 1 is 1.13 bits per heavy atom. The van der Waals surface area contributed by atoms with Gasteiger partial charge in [-0.3, -0.25) is 4.90 Å². The zero-order chi connectivity index (χ0) is 16.1. The Labute approximate surface area is 139 Å². The van der Waals surface area contributed by atoms with Crippen LogP contribution in [-0.4, -0.2) is 22.5 Å². The summed E-state index contributed by atoms with van der Waals surface area (Å²) in [6.45, 7) is 6.22. The van der Waals surface area contributed by atoms with Crippen molar-refractivity contribution in [2.24, 2.45) is 0 Å². The van der Waals surface area contributed by atoms with E-state index in [0.29, 0.717) is 11.9 Å². The predicted octanol–water partition coefficient (Wildman–Crippen LogP) is 4.60. The molecule has 0 amide bonds. The van der Waals surface area contributed by atoms with Crippen LogP contribution in [0.25, 0.3) is 0 Å². The number of nitrogens with zero attached hydrogens (tertiary/aromatic N) is 2. The zero-order valence-electron chi connectivity index (χ0n) is 14.1. The van der Waals surface area contributed by atoms with Gasteiger partial charge in [-0.15, -0.1) is 0 Å². The maximum atomic E-state index is 5.65. The van der Waals surface area contributed by atoms with Crippen molar-refractivity contribution in [1.82, 2.24) is 9.88 Å². The molecule has 3 heteroatoms. The smallest absolute Gasteiger partial charge is 0.213 e. The first-order chi connectivity index (χ1) is 11.2. The molecule has 0 radical (unpaired) electrons. The van der Waals surface area contributed by atoms with E-state index in [-0.39, 0.29) is 6.10 Å². The van der Waals surface area contributed by atoms with Gasteiger partial charge in [0, 0.05) is 24.8 Å². The molecule has 1 saturated heterocycles. The van der Waals surface area contributed by atoms with E-state index < -0.39 is 0 Å². The molecule has 0 saturated carbocycles. The van der Waals surface area contributed by atoms with Crippen molar-refractivity contribution in [3.63, 3.8) is 0 Å². The number of hydrogen-bond donors (Lipinski definition) is 0. The molecule has 23 heavy (non-hydrogen) atoms. The molecule has 0 unspecified atom stereocenters. The van der Waals surface area contributed by atoms with E-state index in [4.69, 9.17) is 4.74 Å². The molecule has 2 aromatic rings. The lowest BCUT2D eigenvalue weighted by atomic mass is 9.96. The lowest BCUT2D eigenvalue weighted by Gasteiger charge is -2.36. The van der Waals surface area contributed by atoms with Crippen LogP contribution in [0.3, 0.4) is 0 Å². The number of ether oxygens (including phenoxy) is 1. The molecule has 1 aromatic carbocycles. The summed E-state index contributed by atoms with van der Waals surface area (Å²) in [5.74, 6) is 0.717. The Balaban J connectivity index is 1.73. The third-order valence-corrected chi connectivity index (χ3v) is 4.34. The minimum absolute atomic E-state index is 0.164. The molecular formula is C20H26N2O. The second-order valence-electron chi connectivity index (χ2n) is 6.56. The van der Waals surface area contributed by atoms with Crippen molar-refractivity contribution < 1.29 is 4.74 Å². The standard InChI is InChI=1S/C20H26N2O/c1-16(2)23-20-12-11-18(14-21-20)19-10-6-7-13-22(19)15-17-8-4-3-5-9-17/h3-5,8-9,11-12,14,16,19H,6-7,10,13,15H2,1-2H3/t19-/m1/s1. The minimum Gasteiger partial charge on any atom is -0.475 e. The predicted molar refractivity (Wildman–Crippen MR) is 93.4 cm³/mol. The zero-order valence-corrected chi connectivity index (χ0v) is 14.1. The van der Waals surface area contributed by atoms with E-state index in [1.54, 1.807) is 0 Å². The SMILES string of the molecule is CC(C)Oc1ccc([C@H]2CCCCN2Cc2ccccc2)cn1. The van der Waals surface area contributed by atoms with Gasteiger partial charge in [-0.05, 0) is 44.4 Å². The van der Waals surface area contributed by atoms with E-state index in [0.717, 1.165) is 13.1 Å². The van der Waals surface area contributed by atoms with Crippen LogP contribution in [0.2, 0.25) is 0 Å². The Bertz CT molecular complexity index is 595. The molecule has 0 spiro atoms. The summed E-state index contributed by atoms with van der Waals surface area (Å²) < 4.78 is 5.65. The molecule has 0 aliphatic carbocycles. The average molecular weight is 310 g/mol. The van der Waals surface area contributed by atoms with Crippen LogP contribution in [0, 0.1) is 0 Å². The number of pyridine rings is 1. The first-order valence-electron chi connectivity index (χ1n) is 8.63. The number of rotatable bonds is 5. The highest BCUT2D eigenvalue weighted by molar-refractivity contribution is 5.22. The van der Waals surface area contributed by atoms with Gasteiger partial charge in [-0.25, -0.2) is 4.98 Å². The first-order valence-corrected chi connectivity index (χ1v) is 8.63. The molecule has 2 heterocycles. The molecule has 3 rings (SSSR count). The van der Waals surface area contributed by atoms with E-state index in [1.165, 1.54) is 30.4 Å². The van der Waals surface area contributed by atoms with Gasteiger partial charge >= 0.3 is 0 Å². The normalized spacial score (nSPS) is 19.0. The highest BCUT2D eigenvalue weighted by atomic mass is 16.5. The molecule has 3 nitrogen and oxygen atoms in total. The Morgan fingerprint density at radius 2 is 1.96 bits per heavy atom. The van der Waals surface area contributed by atoms with Crippen molar-refractivity contribution >= 4 is 0 Å². The lowest BCUT2D eigenvalue weighted by molar-refractivity contribution is 0.140. The van der Waals surface area contributed by atoms with Crippen LogP contribution in [0.4, 0.5) is 0 Å². The fourth-order valence-corrected chi connectivity index (χ4v) is 3.28. The van der Waals surface area contributed by atoms with Crippen LogP contribution in [0.15, 0.2) is 48.7 Å². The van der Waals surface area contributed by atoms with Gasteiger partial charge in [0.1, 0.15) is 0 Å². The number of aromatic nitrogens is 1. The molecule has 1 aliphatic heterocycles. The molecule has 122 valence electrons. The number of piperidine rings is 1. The quantitative estimate of drug-likeness (QED) is 0.807. The van der Waals surface area contributed by atoms with Gasteiger partial charge in [0.15, 0.2) is 0 Å². The van der Waals surface area contributed by atoms with Crippen LogP contribution in [0.5, 0.6) is 5.88 Å². The van der Waals surface area contributed by atoms with Gasteiger partial charge in [-0.1, -0.05) is 42.8 Å². The van der Waals surface area contributed by atoms with Crippen LogP contribution >= 0.6 is 0 Å². The van der Waals surface area contributed by atoms with Gasteiger partial charge in [0.2, 0.25) is 5.88 Å². The second kappa shape index (κ2) is 7.60. The molecule has 1 aliphatic rings. The van der Waals surface area contributed by atoms with Crippen molar-refractivity contribution in [2.75, 3.05) is 6.54 Å². The van der Waals surface area contributed by atoms with Crippen molar-refractivity contribution in [3.05, 3.63) is 59.8 Å². The number of likely N-dealkylation sites (tertiary alicyclic amines) is 1. The van der Waals surface area contributed by atoms with Gasteiger partial charge in [-0.2, -0.15) is 0 Å². The highest BCUT2D eigenvalue weighted by Gasteiger charge is 2.24. The van der Waals surface area contributed by atoms with E-state index in [1.807, 2.05) is 26.1 Å². The molecule has 1 fully saturated rings. The molecule has 1 aromatic heterocycles. The van der Waals surface area contributed by atoms with E-state index >= 15 is 0 Å². The minimum atomic E-state index is 0.164. The van der Waals surface area contributed by atoms with Crippen LogP contribution in [0.1, 0.15) is 50.3 Å². The maximum absolute atomic E-state index is 5.65. The highest BCUT2D eigenvalue weighted by Crippen LogP contribution is 2.32. The summed E-state index contributed by atoms with van der Waals surface area (Å²) in [5, 5.41) is 0. The number of benzene rings is 1. The van der Waals surface area contributed by atoms with Crippen LogP contribution < -0.4 is 4.74 Å². The maximum Gasteiger partial charge on any atom is 0.213 e. The Morgan fingerprint density at radius 3 is 2.65 bits per heavy atom. The van der Waals surface area contributed by atoms with Crippen LogP contribution in [-0.2, 0) is 6.54 Å². The third kappa shape index (κ3) is 4.32. The van der Waals surface area contributed by atoms with Crippen molar-refractivity contribution in [1.29, 1.82) is 0 Å². The van der Waals surface area contributed by atoms with Gasteiger partial charge in [0.05, 0.1) is 6.10 Å². The molecule has 1 atom stereocenters. The van der Waals surface area contributed by atoms with E-state index in [2.05, 4.69) is 46.3 Å². The molecule has 0 N–H and O–H groups in total. The third-order valence-electron chi connectivity index (χ3n) is 4.34. The van der Waals surface area contributed by atoms with Crippen molar-refractivity contribution in [2.45, 2.75) is 51.8 Å².